The van der Waals surface area contributed by atoms with E-state index in [1.807, 2.05) is 48.5 Å². The molecular formula is C14H15NO2S. The summed E-state index contributed by atoms with van der Waals surface area (Å²) in [6.07, 6.45) is 1.87. The molecule has 2 aromatic rings. The van der Waals surface area contributed by atoms with Crippen LogP contribution in [0.1, 0.15) is 11.1 Å². The van der Waals surface area contributed by atoms with Gasteiger partial charge < -0.3 is 0 Å². The predicted octanol–water partition coefficient (Wildman–Crippen LogP) is 2.65. The molecule has 94 valence electrons. The highest BCUT2D eigenvalue weighted by Gasteiger charge is 2.07. The van der Waals surface area contributed by atoms with E-state index in [4.69, 9.17) is 0 Å². The van der Waals surface area contributed by atoms with Crippen molar-refractivity contribution in [3.8, 4) is 0 Å². The van der Waals surface area contributed by atoms with Crippen molar-refractivity contribution in [1.29, 1.82) is 0 Å². The van der Waals surface area contributed by atoms with Crippen LogP contribution in [-0.4, -0.2) is 14.7 Å². The van der Waals surface area contributed by atoms with Gasteiger partial charge in [-0.3, -0.25) is 4.72 Å². The monoisotopic (exact) mass is 261 g/mol. The van der Waals surface area contributed by atoms with Gasteiger partial charge in [-0.05, 0) is 23.6 Å². The van der Waals surface area contributed by atoms with Crippen LogP contribution in [0.5, 0.6) is 0 Å². The third-order valence-electron chi connectivity index (χ3n) is 2.55. The van der Waals surface area contributed by atoms with Gasteiger partial charge in [0.05, 0.1) is 11.9 Å². The van der Waals surface area contributed by atoms with Crippen molar-refractivity contribution in [2.45, 2.75) is 6.42 Å². The number of hydrogen-bond donors (Lipinski definition) is 1. The lowest BCUT2D eigenvalue weighted by molar-refractivity contribution is 0.606. The summed E-state index contributed by atoms with van der Waals surface area (Å²) >= 11 is 0. The lowest BCUT2D eigenvalue weighted by Crippen LogP contribution is -2.11. The number of rotatable bonds is 4. The molecule has 0 fully saturated rings. The smallest absolute Gasteiger partial charge is 0.229 e. The van der Waals surface area contributed by atoms with Crippen LogP contribution in [0, 0.1) is 0 Å². The second-order valence-electron chi connectivity index (χ2n) is 4.19. The van der Waals surface area contributed by atoms with Crippen molar-refractivity contribution in [2.24, 2.45) is 0 Å². The highest BCUT2D eigenvalue weighted by molar-refractivity contribution is 7.92. The van der Waals surface area contributed by atoms with E-state index in [0.29, 0.717) is 12.1 Å². The predicted molar refractivity (Wildman–Crippen MR) is 74.2 cm³/mol. The molecule has 0 atom stereocenters. The first-order chi connectivity index (χ1) is 8.54. The van der Waals surface area contributed by atoms with Crippen LogP contribution in [0.15, 0.2) is 54.6 Å². The summed E-state index contributed by atoms with van der Waals surface area (Å²) in [6, 6.07) is 17.4. The molecular weight excluding hydrogens is 246 g/mol. The molecule has 0 aliphatic carbocycles. The highest BCUT2D eigenvalue weighted by atomic mass is 32.2. The number of para-hydroxylation sites is 1. The Hall–Kier alpha value is -1.81. The number of benzene rings is 2. The second kappa shape index (κ2) is 5.23. The van der Waals surface area contributed by atoms with Crippen molar-refractivity contribution in [2.75, 3.05) is 11.0 Å². The lowest BCUT2D eigenvalue weighted by atomic mass is 10.0. The Morgan fingerprint density at radius 1 is 0.944 bits per heavy atom. The molecule has 0 heterocycles. The topological polar surface area (TPSA) is 46.2 Å². The summed E-state index contributed by atoms with van der Waals surface area (Å²) in [5.41, 5.74) is 2.76. The Kier molecular flexibility index (Phi) is 3.67. The SMILES string of the molecule is CS(=O)(=O)Nc1ccccc1Cc1ccccc1. The molecule has 2 rings (SSSR count). The van der Waals surface area contributed by atoms with Gasteiger partial charge in [0.25, 0.3) is 0 Å². The summed E-state index contributed by atoms with van der Waals surface area (Å²) in [5.74, 6) is 0. The van der Waals surface area contributed by atoms with Crippen LogP contribution < -0.4 is 4.72 Å². The summed E-state index contributed by atoms with van der Waals surface area (Å²) < 4.78 is 25.1. The van der Waals surface area contributed by atoms with Crippen LogP contribution in [0.2, 0.25) is 0 Å². The number of hydrogen-bond acceptors (Lipinski definition) is 2. The van der Waals surface area contributed by atoms with Gasteiger partial charge in [0.1, 0.15) is 0 Å². The molecule has 0 amide bonds. The number of sulfonamides is 1. The molecule has 3 nitrogen and oxygen atoms in total. The molecule has 0 aliphatic heterocycles. The molecule has 0 spiro atoms. The highest BCUT2D eigenvalue weighted by Crippen LogP contribution is 2.19. The van der Waals surface area contributed by atoms with Gasteiger partial charge >= 0.3 is 0 Å². The number of anilines is 1. The molecule has 0 aliphatic rings. The summed E-state index contributed by atoms with van der Waals surface area (Å²) in [7, 11) is -3.24. The van der Waals surface area contributed by atoms with E-state index in [9.17, 15) is 8.42 Å². The molecule has 0 saturated carbocycles. The van der Waals surface area contributed by atoms with E-state index in [1.165, 1.54) is 0 Å². The lowest BCUT2D eigenvalue weighted by Gasteiger charge is -2.10. The van der Waals surface area contributed by atoms with Crippen molar-refractivity contribution in [1.82, 2.24) is 0 Å². The molecule has 0 bridgehead atoms. The van der Waals surface area contributed by atoms with Crippen LogP contribution in [0.3, 0.4) is 0 Å². The molecule has 0 unspecified atom stereocenters. The third-order valence-corrected chi connectivity index (χ3v) is 3.14. The van der Waals surface area contributed by atoms with Gasteiger partial charge in [-0.15, -0.1) is 0 Å². The van der Waals surface area contributed by atoms with Crippen LogP contribution in [-0.2, 0) is 16.4 Å². The number of nitrogens with one attached hydrogen (secondary N) is 1. The Labute approximate surface area is 108 Å². The Morgan fingerprint density at radius 2 is 1.56 bits per heavy atom. The molecule has 1 N–H and O–H groups in total. The zero-order valence-corrected chi connectivity index (χ0v) is 10.9. The largest absolute Gasteiger partial charge is 0.283 e. The van der Waals surface area contributed by atoms with E-state index in [1.54, 1.807) is 6.07 Å². The van der Waals surface area contributed by atoms with Gasteiger partial charge in [-0.2, -0.15) is 0 Å². The summed E-state index contributed by atoms with van der Waals surface area (Å²) in [4.78, 5) is 0. The van der Waals surface area contributed by atoms with Crippen LogP contribution >= 0.6 is 0 Å². The first kappa shape index (κ1) is 12.6. The molecule has 4 heteroatoms. The van der Waals surface area contributed by atoms with Gasteiger partial charge in [0.15, 0.2) is 0 Å². The van der Waals surface area contributed by atoms with Gasteiger partial charge in [0, 0.05) is 0 Å². The fraction of sp³-hybridized carbons (Fsp3) is 0.143. The normalized spacial score (nSPS) is 11.2. The Balaban J connectivity index is 2.28. The van der Waals surface area contributed by atoms with Crippen LogP contribution in [0.25, 0.3) is 0 Å². The van der Waals surface area contributed by atoms with E-state index < -0.39 is 10.0 Å². The second-order valence-corrected chi connectivity index (χ2v) is 5.94. The molecule has 0 saturated heterocycles. The molecule has 18 heavy (non-hydrogen) atoms. The average Bonchev–Trinajstić information content (AvgIpc) is 2.31. The molecule has 0 aromatic heterocycles. The van der Waals surface area contributed by atoms with Crippen molar-refractivity contribution in [3.63, 3.8) is 0 Å². The average molecular weight is 261 g/mol. The summed E-state index contributed by atoms with van der Waals surface area (Å²) in [6.45, 7) is 0. The zero-order chi connectivity index (χ0) is 13.0. The van der Waals surface area contributed by atoms with E-state index in [2.05, 4.69) is 4.72 Å². The summed E-state index contributed by atoms with van der Waals surface area (Å²) in [5, 5.41) is 0. The Morgan fingerprint density at radius 3 is 2.22 bits per heavy atom. The first-order valence-electron chi connectivity index (χ1n) is 5.64. The van der Waals surface area contributed by atoms with Gasteiger partial charge in [-0.25, -0.2) is 8.42 Å². The maximum atomic E-state index is 11.3. The van der Waals surface area contributed by atoms with Crippen molar-refractivity contribution in [3.05, 3.63) is 65.7 Å². The molecule has 0 radical (unpaired) electrons. The standard InChI is InChI=1S/C14H15NO2S/c1-18(16,17)15-14-10-6-5-9-13(14)11-12-7-3-2-4-8-12/h2-10,15H,11H2,1H3. The first-order valence-corrected chi connectivity index (χ1v) is 7.53. The van der Waals surface area contributed by atoms with Gasteiger partial charge in [0.2, 0.25) is 10.0 Å². The third kappa shape index (κ3) is 3.60. The minimum Gasteiger partial charge on any atom is -0.283 e. The Bertz CT molecular complexity index is 621. The van der Waals surface area contributed by atoms with E-state index >= 15 is 0 Å². The van der Waals surface area contributed by atoms with Crippen LogP contribution in [0.4, 0.5) is 5.69 Å². The zero-order valence-electron chi connectivity index (χ0n) is 10.1. The minimum atomic E-state index is -3.24. The minimum absolute atomic E-state index is 0.642. The maximum absolute atomic E-state index is 11.3. The quantitative estimate of drug-likeness (QED) is 0.919. The van der Waals surface area contributed by atoms with Crippen molar-refractivity contribution >= 4 is 15.7 Å². The fourth-order valence-electron chi connectivity index (χ4n) is 1.79. The van der Waals surface area contributed by atoms with Crippen molar-refractivity contribution < 1.29 is 8.42 Å². The fourth-order valence-corrected chi connectivity index (χ4v) is 2.39. The molecule has 2 aromatic carbocycles. The maximum Gasteiger partial charge on any atom is 0.229 e. The van der Waals surface area contributed by atoms with Gasteiger partial charge in [-0.1, -0.05) is 48.5 Å². The van der Waals surface area contributed by atoms with E-state index in [0.717, 1.165) is 17.4 Å². The van der Waals surface area contributed by atoms with E-state index in [-0.39, 0.29) is 0 Å².